The first-order chi connectivity index (χ1) is 15.9. The average Bonchev–Trinajstić information content (AvgIpc) is 3.52. The smallest absolute Gasteiger partial charge is 0.416 e. The SMILES string of the molecule is Cc1ccc2c(c1)-n1nncc1Cc1c(-c3nc(-c4cccc(C(F)(F)F)c4)co3)ncn1-2. The minimum absolute atomic E-state index is 0.228. The molecular weight excluding hydrogens is 433 g/mol. The van der Waals surface area contributed by atoms with Crippen LogP contribution in [0.3, 0.4) is 0 Å². The Bertz CT molecular complexity index is 1510. The van der Waals surface area contributed by atoms with Gasteiger partial charge in [0.05, 0.1) is 34.5 Å². The van der Waals surface area contributed by atoms with E-state index in [1.807, 2.05) is 29.7 Å². The van der Waals surface area contributed by atoms with Gasteiger partial charge in [0.15, 0.2) is 0 Å². The molecule has 0 aliphatic carbocycles. The minimum Gasteiger partial charge on any atom is -0.443 e. The first kappa shape index (κ1) is 19.5. The van der Waals surface area contributed by atoms with Crippen LogP contribution in [0.2, 0.25) is 0 Å². The second-order valence-electron chi connectivity index (χ2n) is 7.83. The van der Waals surface area contributed by atoms with Crippen molar-refractivity contribution in [2.24, 2.45) is 0 Å². The highest BCUT2D eigenvalue weighted by Gasteiger charge is 2.31. The van der Waals surface area contributed by atoms with Crippen molar-refractivity contribution in [2.75, 3.05) is 0 Å². The molecule has 10 heteroatoms. The molecule has 0 unspecified atom stereocenters. The fraction of sp³-hybridized carbons (Fsp3) is 0.130. The van der Waals surface area contributed by atoms with Crippen molar-refractivity contribution in [3.8, 4) is 34.2 Å². The topological polar surface area (TPSA) is 74.6 Å². The quantitative estimate of drug-likeness (QED) is 0.372. The molecule has 0 atom stereocenters. The maximum atomic E-state index is 13.1. The summed E-state index contributed by atoms with van der Waals surface area (Å²) in [7, 11) is 0. The van der Waals surface area contributed by atoms with Crippen molar-refractivity contribution < 1.29 is 17.6 Å². The number of imidazole rings is 1. The highest BCUT2D eigenvalue weighted by Crippen LogP contribution is 2.35. The Morgan fingerprint density at radius 3 is 2.79 bits per heavy atom. The molecule has 0 spiro atoms. The van der Waals surface area contributed by atoms with Crippen molar-refractivity contribution in [3.63, 3.8) is 0 Å². The molecule has 0 fully saturated rings. The summed E-state index contributed by atoms with van der Waals surface area (Å²) < 4.78 is 48.7. The third-order valence-corrected chi connectivity index (χ3v) is 5.65. The lowest BCUT2D eigenvalue weighted by atomic mass is 10.1. The van der Waals surface area contributed by atoms with Crippen LogP contribution in [0.4, 0.5) is 13.2 Å². The molecule has 33 heavy (non-hydrogen) atoms. The molecule has 0 amide bonds. The summed E-state index contributed by atoms with van der Waals surface area (Å²) in [5, 5.41) is 8.30. The van der Waals surface area contributed by atoms with Crippen LogP contribution < -0.4 is 0 Å². The van der Waals surface area contributed by atoms with Gasteiger partial charge < -0.3 is 4.42 Å². The zero-order valence-electron chi connectivity index (χ0n) is 17.2. The number of fused-ring (bicyclic) bond motifs is 5. The summed E-state index contributed by atoms with van der Waals surface area (Å²) in [6, 6.07) is 11.0. The van der Waals surface area contributed by atoms with Gasteiger partial charge in [-0.05, 0) is 36.8 Å². The molecule has 1 aliphatic heterocycles. The summed E-state index contributed by atoms with van der Waals surface area (Å²) >= 11 is 0. The fourth-order valence-corrected chi connectivity index (χ4v) is 4.06. The number of aryl methyl sites for hydroxylation is 1. The number of oxazole rings is 1. The number of halogens is 3. The van der Waals surface area contributed by atoms with Gasteiger partial charge in [0.1, 0.15) is 24.0 Å². The predicted octanol–water partition coefficient (Wildman–Crippen LogP) is 5.01. The van der Waals surface area contributed by atoms with Crippen LogP contribution in [-0.2, 0) is 12.6 Å². The first-order valence-corrected chi connectivity index (χ1v) is 10.1. The second kappa shape index (κ2) is 6.89. The largest absolute Gasteiger partial charge is 0.443 e. The van der Waals surface area contributed by atoms with E-state index >= 15 is 0 Å². The summed E-state index contributed by atoms with van der Waals surface area (Å²) in [5.41, 5.74) is 4.90. The van der Waals surface area contributed by atoms with E-state index in [1.54, 1.807) is 23.3 Å². The Morgan fingerprint density at radius 2 is 1.94 bits per heavy atom. The number of rotatable bonds is 2. The lowest BCUT2D eigenvalue weighted by molar-refractivity contribution is -0.137. The zero-order chi connectivity index (χ0) is 22.7. The van der Waals surface area contributed by atoms with Crippen molar-refractivity contribution in [1.29, 1.82) is 0 Å². The average molecular weight is 448 g/mol. The Hall–Kier alpha value is -4.21. The van der Waals surface area contributed by atoms with E-state index in [1.165, 1.54) is 12.3 Å². The normalized spacial score (nSPS) is 12.7. The van der Waals surface area contributed by atoms with E-state index in [2.05, 4.69) is 20.3 Å². The summed E-state index contributed by atoms with van der Waals surface area (Å²) in [5.74, 6) is 0.228. The fourth-order valence-electron chi connectivity index (χ4n) is 4.06. The van der Waals surface area contributed by atoms with Gasteiger partial charge in [-0.25, -0.2) is 14.6 Å². The van der Waals surface area contributed by atoms with Crippen molar-refractivity contribution >= 4 is 0 Å². The van der Waals surface area contributed by atoms with Gasteiger partial charge in [0.25, 0.3) is 0 Å². The molecule has 4 heterocycles. The molecule has 0 radical (unpaired) electrons. The number of nitrogens with zero attached hydrogens (tertiary/aromatic N) is 6. The number of hydrogen-bond donors (Lipinski definition) is 0. The van der Waals surface area contributed by atoms with E-state index in [0.29, 0.717) is 23.4 Å². The Labute approximate surface area is 185 Å². The van der Waals surface area contributed by atoms with Gasteiger partial charge in [-0.3, -0.25) is 4.57 Å². The monoisotopic (exact) mass is 448 g/mol. The van der Waals surface area contributed by atoms with E-state index in [0.717, 1.165) is 40.5 Å². The second-order valence-corrected chi connectivity index (χ2v) is 7.83. The van der Waals surface area contributed by atoms with Crippen LogP contribution in [0.1, 0.15) is 22.5 Å². The molecule has 0 bridgehead atoms. The molecule has 2 aromatic carbocycles. The maximum Gasteiger partial charge on any atom is 0.416 e. The van der Waals surface area contributed by atoms with Crippen LogP contribution in [0.25, 0.3) is 34.2 Å². The van der Waals surface area contributed by atoms with E-state index < -0.39 is 11.7 Å². The van der Waals surface area contributed by atoms with Gasteiger partial charge in [0, 0.05) is 12.0 Å². The minimum atomic E-state index is -4.44. The Kier molecular flexibility index (Phi) is 4.07. The molecule has 5 aromatic rings. The van der Waals surface area contributed by atoms with Gasteiger partial charge in [0.2, 0.25) is 5.89 Å². The highest BCUT2D eigenvalue weighted by atomic mass is 19.4. The number of benzene rings is 2. The van der Waals surface area contributed by atoms with Crippen LogP contribution in [0.15, 0.2) is 65.7 Å². The maximum absolute atomic E-state index is 13.1. The van der Waals surface area contributed by atoms with Gasteiger partial charge in [-0.1, -0.05) is 23.4 Å². The molecule has 0 saturated carbocycles. The zero-order valence-corrected chi connectivity index (χ0v) is 17.2. The van der Waals surface area contributed by atoms with Crippen molar-refractivity contribution in [2.45, 2.75) is 19.5 Å². The first-order valence-electron chi connectivity index (χ1n) is 10.1. The van der Waals surface area contributed by atoms with Crippen molar-refractivity contribution in [1.82, 2.24) is 29.5 Å². The standard InChI is InChI=1S/C23H15F3N6O/c1-13-5-6-18-19(7-13)32-16(10-28-30-32)9-20-21(27-12-31(18)20)22-29-17(11-33-22)14-3-2-4-15(8-14)23(24,25)26/h2-8,10-12H,9H2,1H3. The van der Waals surface area contributed by atoms with Crippen molar-refractivity contribution in [3.05, 3.63) is 83.8 Å². The summed E-state index contributed by atoms with van der Waals surface area (Å²) in [6.07, 6.45) is 0.759. The van der Waals surface area contributed by atoms with Crippen LogP contribution >= 0.6 is 0 Å². The summed E-state index contributed by atoms with van der Waals surface area (Å²) in [4.78, 5) is 8.98. The third-order valence-electron chi connectivity index (χ3n) is 5.65. The van der Waals surface area contributed by atoms with E-state index in [4.69, 9.17) is 4.42 Å². The highest BCUT2D eigenvalue weighted by molar-refractivity contribution is 5.65. The lowest BCUT2D eigenvalue weighted by Crippen LogP contribution is -2.04. The van der Waals surface area contributed by atoms with Crippen LogP contribution in [-0.4, -0.2) is 29.5 Å². The summed E-state index contributed by atoms with van der Waals surface area (Å²) in [6.45, 7) is 2.00. The van der Waals surface area contributed by atoms with Crippen LogP contribution in [0.5, 0.6) is 0 Å². The number of alkyl halides is 3. The number of hydrogen-bond acceptors (Lipinski definition) is 5. The lowest BCUT2D eigenvalue weighted by Gasteiger charge is -2.10. The molecule has 0 saturated heterocycles. The predicted molar refractivity (Wildman–Crippen MR) is 112 cm³/mol. The molecule has 1 aliphatic rings. The van der Waals surface area contributed by atoms with Gasteiger partial charge in [-0.2, -0.15) is 13.2 Å². The number of aromatic nitrogens is 6. The molecule has 6 rings (SSSR count). The Balaban J connectivity index is 1.46. The van der Waals surface area contributed by atoms with Gasteiger partial charge in [-0.15, -0.1) is 5.10 Å². The molecule has 164 valence electrons. The van der Waals surface area contributed by atoms with E-state index in [-0.39, 0.29) is 5.89 Å². The molecular formula is C23H15F3N6O. The third kappa shape index (κ3) is 3.13. The Morgan fingerprint density at radius 1 is 1.06 bits per heavy atom. The molecule has 7 nitrogen and oxygen atoms in total. The van der Waals surface area contributed by atoms with Crippen LogP contribution in [0, 0.1) is 6.92 Å². The van der Waals surface area contributed by atoms with E-state index in [9.17, 15) is 13.2 Å². The molecule has 0 N–H and O–H groups in total. The van der Waals surface area contributed by atoms with Gasteiger partial charge >= 0.3 is 6.18 Å². The molecule has 3 aromatic heterocycles.